The summed E-state index contributed by atoms with van der Waals surface area (Å²) in [5, 5.41) is -0.593. The van der Waals surface area contributed by atoms with Crippen molar-refractivity contribution in [3.8, 4) is 0 Å². The van der Waals surface area contributed by atoms with Gasteiger partial charge in [-0.15, -0.1) is 0 Å². The third-order valence-electron chi connectivity index (χ3n) is 2.50. The molecule has 11 heteroatoms. The Balaban J connectivity index is 3.51. The molecule has 0 amide bonds. The maximum Gasteiger partial charge on any atom is 0.460 e. The fourth-order valence-electron chi connectivity index (χ4n) is 1.34. The molecule has 0 aliphatic heterocycles. The van der Waals surface area contributed by atoms with Crippen molar-refractivity contribution < 1.29 is 39.5 Å². The highest BCUT2D eigenvalue weighted by molar-refractivity contribution is 6.30. The minimum absolute atomic E-state index is 0.0945. The molecule has 21 heavy (non-hydrogen) atoms. The lowest BCUT2D eigenvalue weighted by atomic mass is 9.95. The Morgan fingerprint density at radius 1 is 0.810 bits per heavy atom. The predicted molar refractivity (Wildman–Crippen MR) is 55.7 cm³/mol. The summed E-state index contributed by atoms with van der Waals surface area (Å²) in [6.07, 6.45) is -6.88. The Morgan fingerprint density at radius 3 is 1.71 bits per heavy atom. The van der Waals surface area contributed by atoms with Gasteiger partial charge in [-0.2, -0.15) is 39.5 Å². The van der Waals surface area contributed by atoms with Crippen molar-refractivity contribution in [2.45, 2.75) is 23.9 Å². The van der Waals surface area contributed by atoms with Crippen molar-refractivity contribution in [1.29, 1.82) is 0 Å². The average molecular weight is 346 g/mol. The normalized spacial score (nSPS) is 14.4. The Hall–Kier alpha value is -1.32. The van der Waals surface area contributed by atoms with Crippen LogP contribution in [0.15, 0.2) is 18.2 Å². The molecule has 2 N–H and O–H groups in total. The second-order valence-electron chi connectivity index (χ2n) is 3.95. The minimum Gasteiger partial charge on any atom is -0.398 e. The van der Waals surface area contributed by atoms with E-state index in [-0.39, 0.29) is 6.07 Å². The molecule has 0 radical (unpaired) electrons. The molecule has 0 aromatic heterocycles. The molecule has 1 rings (SSSR count). The number of halogens is 10. The Morgan fingerprint density at radius 2 is 1.29 bits per heavy atom. The maximum absolute atomic E-state index is 13.5. The van der Waals surface area contributed by atoms with Crippen LogP contribution >= 0.6 is 11.6 Å². The number of rotatable bonds is 3. The number of hydrogen-bond donors (Lipinski definition) is 1. The molecule has 0 saturated carbocycles. The van der Waals surface area contributed by atoms with Gasteiger partial charge in [0.2, 0.25) is 0 Å². The molecule has 0 unspecified atom stereocenters. The summed E-state index contributed by atoms with van der Waals surface area (Å²) in [5.41, 5.74) is 1.89. The zero-order valence-corrected chi connectivity index (χ0v) is 10.3. The molecule has 0 aliphatic rings. The lowest BCUT2D eigenvalue weighted by Gasteiger charge is -2.34. The van der Waals surface area contributed by atoms with Crippen molar-refractivity contribution in [2.24, 2.45) is 0 Å². The van der Waals surface area contributed by atoms with Gasteiger partial charge in [-0.1, -0.05) is 11.6 Å². The second-order valence-corrected chi connectivity index (χ2v) is 4.39. The van der Waals surface area contributed by atoms with E-state index in [0.717, 1.165) is 6.07 Å². The molecule has 0 atom stereocenters. The van der Waals surface area contributed by atoms with E-state index >= 15 is 0 Å². The Kier molecular flexibility index (Phi) is 4.10. The van der Waals surface area contributed by atoms with Crippen LogP contribution in [0.1, 0.15) is 5.56 Å². The topological polar surface area (TPSA) is 26.0 Å². The first-order valence-corrected chi connectivity index (χ1v) is 5.29. The number of nitrogen functional groups attached to an aromatic ring is 1. The van der Waals surface area contributed by atoms with Crippen LogP contribution in [0.3, 0.4) is 0 Å². The van der Waals surface area contributed by atoms with E-state index in [2.05, 4.69) is 0 Å². The van der Waals surface area contributed by atoms with Gasteiger partial charge in [0.15, 0.2) is 0 Å². The fraction of sp³-hybridized carbons (Fsp3) is 0.400. The molecule has 0 spiro atoms. The molecule has 0 aliphatic carbocycles. The third kappa shape index (κ3) is 2.60. The maximum atomic E-state index is 13.5. The van der Waals surface area contributed by atoms with E-state index in [0.29, 0.717) is 6.07 Å². The van der Waals surface area contributed by atoms with Crippen LogP contribution in [0.2, 0.25) is 5.02 Å². The largest absolute Gasteiger partial charge is 0.460 e. The summed E-state index contributed by atoms with van der Waals surface area (Å²) in [5.74, 6) is -19.6. The van der Waals surface area contributed by atoms with Crippen molar-refractivity contribution in [3.63, 3.8) is 0 Å². The van der Waals surface area contributed by atoms with Crippen LogP contribution in [0.4, 0.5) is 45.2 Å². The highest BCUT2D eigenvalue weighted by Gasteiger charge is 2.82. The fourth-order valence-corrected chi connectivity index (χ4v) is 1.52. The average Bonchev–Trinajstić information content (AvgIpc) is 2.30. The Bertz CT molecular complexity index is 538. The van der Waals surface area contributed by atoms with Gasteiger partial charge < -0.3 is 5.73 Å². The molecule has 1 aromatic carbocycles. The van der Waals surface area contributed by atoms with Crippen molar-refractivity contribution in [3.05, 3.63) is 28.8 Å². The molecule has 0 bridgehead atoms. The highest BCUT2D eigenvalue weighted by atomic mass is 35.5. The van der Waals surface area contributed by atoms with Crippen molar-refractivity contribution >= 4 is 17.3 Å². The van der Waals surface area contributed by atoms with Crippen LogP contribution in [-0.4, -0.2) is 18.0 Å². The lowest BCUT2D eigenvalue weighted by molar-refractivity contribution is -0.399. The zero-order chi connectivity index (χ0) is 16.9. The van der Waals surface area contributed by atoms with Crippen LogP contribution in [-0.2, 0) is 5.92 Å². The van der Waals surface area contributed by atoms with E-state index in [1.807, 2.05) is 0 Å². The molecule has 0 fully saturated rings. The molecule has 0 heterocycles. The molecule has 1 nitrogen and oxygen atoms in total. The molecule has 0 saturated heterocycles. The van der Waals surface area contributed by atoms with E-state index in [4.69, 9.17) is 17.3 Å². The van der Waals surface area contributed by atoms with E-state index < -0.39 is 40.2 Å². The van der Waals surface area contributed by atoms with Gasteiger partial charge in [0, 0.05) is 10.7 Å². The van der Waals surface area contributed by atoms with Gasteiger partial charge in [0.1, 0.15) is 0 Å². The SMILES string of the molecule is Nc1ccc(Cl)cc1C(F)(F)C(F)(F)C(F)(F)C(F)(F)F. The number of nitrogens with two attached hydrogens (primary N) is 1. The van der Waals surface area contributed by atoms with Crippen molar-refractivity contribution in [2.75, 3.05) is 5.73 Å². The number of anilines is 1. The first-order chi connectivity index (χ1) is 9.16. The summed E-state index contributed by atoms with van der Waals surface area (Å²) in [6.45, 7) is 0. The van der Waals surface area contributed by atoms with Crippen LogP contribution in [0.5, 0.6) is 0 Å². The summed E-state index contributed by atoms with van der Waals surface area (Å²) in [7, 11) is 0. The molecule has 1 aromatic rings. The van der Waals surface area contributed by atoms with Gasteiger partial charge in [-0.3, -0.25) is 0 Å². The number of benzene rings is 1. The Labute approximate surface area is 116 Å². The standard InChI is InChI=1S/C10H5ClF9N/c11-4-1-2-6(21)5(3-4)7(12,13)8(14,15)9(16,17)10(18,19)20/h1-3H,21H2. The third-order valence-corrected chi connectivity index (χ3v) is 2.73. The van der Waals surface area contributed by atoms with Gasteiger partial charge >= 0.3 is 23.9 Å². The van der Waals surface area contributed by atoms with Crippen molar-refractivity contribution in [1.82, 2.24) is 0 Å². The molecular formula is C10H5ClF9N. The van der Waals surface area contributed by atoms with E-state index in [9.17, 15) is 39.5 Å². The summed E-state index contributed by atoms with van der Waals surface area (Å²) in [4.78, 5) is 0. The second kappa shape index (κ2) is 4.85. The minimum atomic E-state index is -6.97. The monoisotopic (exact) mass is 345 g/mol. The summed E-state index contributed by atoms with van der Waals surface area (Å²) >= 11 is 5.23. The van der Waals surface area contributed by atoms with Gasteiger partial charge in [-0.25, -0.2) is 0 Å². The quantitative estimate of drug-likeness (QED) is 0.615. The van der Waals surface area contributed by atoms with Gasteiger partial charge in [-0.05, 0) is 18.2 Å². The van der Waals surface area contributed by atoms with E-state index in [1.165, 1.54) is 0 Å². The van der Waals surface area contributed by atoms with Gasteiger partial charge in [0.25, 0.3) is 0 Å². The summed E-state index contributed by atoms with van der Waals surface area (Å²) < 4.78 is 115. The highest BCUT2D eigenvalue weighted by Crippen LogP contribution is 2.57. The predicted octanol–water partition coefficient (Wildman–Crippen LogP) is 4.85. The van der Waals surface area contributed by atoms with Gasteiger partial charge in [0.05, 0.1) is 5.56 Å². The lowest BCUT2D eigenvalue weighted by Crippen LogP contribution is -2.59. The first-order valence-electron chi connectivity index (χ1n) is 4.92. The van der Waals surface area contributed by atoms with Crippen LogP contribution in [0.25, 0.3) is 0 Å². The number of hydrogen-bond acceptors (Lipinski definition) is 1. The van der Waals surface area contributed by atoms with E-state index in [1.54, 1.807) is 0 Å². The zero-order valence-electron chi connectivity index (χ0n) is 9.59. The smallest absolute Gasteiger partial charge is 0.398 e. The molecular weight excluding hydrogens is 341 g/mol. The first kappa shape index (κ1) is 17.7. The van der Waals surface area contributed by atoms with Crippen LogP contribution < -0.4 is 5.73 Å². The molecule has 120 valence electrons. The number of alkyl halides is 9. The summed E-state index contributed by atoms with van der Waals surface area (Å²) in [6, 6.07) is 1.54. The van der Waals surface area contributed by atoms with Crippen LogP contribution in [0, 0.1) is 0 Å².